The standard InChI is InChI=1S/C26H19NS/c27-23-14-13-16-7-1-2-8-17(16)25(23)21-15-22-19-10-5-6-12-24(19)28-26(22)20-11-4-3-9-18(20)21/h2-6,8-15H,1,7,27H2. The average molecular weight is 378 g/mol. The zero-order valence-corrected chi connectivity index (χ0v) is 16.2. The summed E-state index contributed by atoms with van der Waals surface area (Å²) >= 11 is 1.88. The van der Waals surface area contributed by atoms with Gasteiger partial charge in [-0.15, -0.1) is 11.3 Å². The van der Waals surface area contributed by atoms with Gasteiger partial charge in [0.1, 0.15) is 0 Å². The normalized spacial score (nSPS) is 13.4. The molecule has 0 amide bonds. The van der Waals surface area contributed by atoms with Crippen LogP contribution in [0.15, 0.2) is 72.8 Å². The molecule has 1 nitrogen and oxygen atoms in total. The number of aryl methyl sites for hydroxylation is 1. The van der Waals surface area contributed by atoms with Gasteiger partial charge in [-0.1, -0.05) is 60.7 Å². The van der Waals surface area contributed by atoms with E-state index in [0.717, 1.165) is 18.5 Å². The van der Waals surface area contributed by atoms with Crippen molar-refractivity contribution in [1.29, 1.82) is 0 Å². The molecule has 5 aromatic rings. The van der Waals surface area contributed by atoms with Crippen LogP contribution < -0.4 is 5.73 Å². The summed E-state index contributed by atoms with van der Waals surface area (Å²) in [6.45, 7) is 0. The number of nitrogens with two attached hydrogens (primary N) is 1. The van der Waals surface area contributed by atoms with Crippen LogP contribution in [0, 0.1) is 0 Å². The molecule has 2 N–H and O–H groups in total. The maximum absolute atomic E-state index is 6.57. The molecule has 28 heavy (non-hydrogen) atoms. The lowest BCUT2D eigenvalue weighted by Gasteiger charge is -2.19. The number of anilines is 1. The van der Waals surface area contributed by atoms with Crippen molar-refractivity contribution in [2.75, 3.05) is 5.73 Å². The van der Waals surface area contributed by atoms with E-state index in [-0.39, 0.29) is 0 Å². The van der Waals surface area contributed by atoms with E-state index < -0.39 is 0 Å². The fraction of sp³-hybridized carbons (Fsp3) is 0.0769. The Morgan fingerprint density at radius 2 is 1.57 bits per heavy atom. The van der Waals surface area contributed by atoms with Crippen molar-refractivity contribution in [1.82, 2.24) is 0 Å². The van der Waals surface area contributed by atoms with E-state index in [4.69, 9.17) is 5.73 Å². The van der Waals surface area contributed by atoms with Crippen LogP contribution in [0.2, 0.25) is 0 Å². The highest BCUT2D eigenvalue weighted by atomic mass is 32.1. The third kappa shape index (κ3) is 2.18. The maximum Gasteiger partial charge on any atom is 0.0434 e. The lowest BCUT2D eigenvalue weighted by Crippen LogP contribution is -2.01. The number of thiophene rings is 1. The summed E-state index contributed by atoms with van der Waals surface area (Å²) in [4.78, 5) is 0. The molecule has 0 spiro atoms. The molecule has 1 aliphatic rings. The van der Waals surface area contributed by atoms with E-state index in [1.54, 1.807) is 0 Å². The van der Waals surface area contributed by atoms with Gasteiger partial charge in [-0.2, -0.15) is 0 Å². The predicted octanol–water partition coefficient (Wildman–Crippen LogP) is 7.42. The second-order valence-electron chi connectivity index (χ2n) is 7.49. The first-order valence-electron chi connectivity index (χ1n) is 9.72. The van der Waals surface area contributed by atoms with Crippen molar-refractivity contribution in [3.05, 3.63) is 83.9 Å². The summed E-state index contributed by atoms with van der Waals surface area (Å²) in [5, 5.41) is 5.24. The van der Waals surface area contributed by atoms with Crippen molar-refractivity contribution in [2.45, 2.75) is 12.8 Å². The smallest absolute Gasteiger partial charge is 0.0434 e. The Labute approximate surface area is 167 Å². The minimum atomic E-state index is 0.856. The van der Waals surface area contributed by atoms with Crippen LogP contribution in [-0.2, 0) is 6.42 Å². The molecule has 1 aliphatic carbocycles. The Bertz CT molecular complexity index is 1420. The molecule has 0 unspecified atom stereocenters. The van der Waals surface area contributed by atoms with Gasteiger partial charge in [-0.25, -0.2) is 0 Å². The van der Waals surface area contributed by atoms with Crippen molar-refractivity contribution >= 4 is 54.0 Å². The molecule has 0 aliphatic heterocycles. The fourth-order valence-electron chi connectivity index (χ4n) is 4.58. The van der Waals surface area contributed by atoms with Crippen molar-refractivity contribution in [3.8, 4) is 11.1 Å². The first-order valence-corrected chi connectivity index (χ1v) is 10.5. The highest BCUT2D eigenvalue weighted by Gasteiger charge is 2.18. The highest BCUT2D eigenvalue weighted by molar-refractivity contribution is 7.26. The topological polar surface area (TPSA) is 26.0 Å². The Morgan fingerprint density at radius 3 is 2.46 bits per heavy atom. The zero-order valence-electron chi connectivity index (χ0n) is 15.4. The number of rotatable bonds is 1. The Hall–Kier alpha value is -3.10. The molecule has 0 saturated heterocycles. The molecular formula is C26H19NS. The molecule has 134 valence electrons. The molecule has 0 fully saturated rings. The quantitative estimate of drug-likeness (QED) is 0.302. The highest BCUT2D eigenvalue weighted by Crippen LogP contribution is 2.45. The molecule has 0 saturated carbocycles. The number of benzene rings is 4. The predicted molar refractivity (Wildman–Crippen MR) is 124 cm³/mol. The van der Waals surface area contributed by atoms with Crippen LogP contribution in [0.25, 0.3) is 48.1 Å². The lowest BCUT2D eigenvalue weighted by molar-refractivity contribution is 0.987. The minimum Gasteiger partial charge on any atom is -0.398 e. The molecular weight excluding hydrogens is 358 g/mol. The van der Waals surface area contributed by atoms with Crippen LogP contribution in [0.4, 0.5) is 5.69 Å². The molecule has 1 heterocycles. The molecule has 4 aromatic carbocycles. The number of nitrogen functional groups attached to an aromatic ring is 1. The van der Waals surface area contributed by atoms with E-state index in [9.17, 15) is 0 Å². The van der Waals surface area contributed by atoms with Crippen molar-refractivity contribution in [3.63, 3.8) is 0 Å². The lowest BCUT2D eigenvalue weighted by atomic mass is 9.86. The van der Waals surface area contributed by atoms with Gasteiger partial charge >= 0.3 is 0 Å². The molecule has 6 rings (SSSR count). The third-order valence-corrected chi connectivity index (χ3v) is 7.11. The molecule has 0 bridgehead atoms. The van der Waals surface area contributed by atoms with E-state index in [1.807, 2.05) is 11.3 Å². The van der Waals surface area contributed by atoms with Gasteiger partial charge in [0, 0.05) is 36.8 Å². The number of allylic oxidation sites excluding steroid dienone is 1. The number of fused-ring (bicyclic) bond motifs is 6. The largest absolute Gasteiger partial charge is 0.398 e. The monoisotopic (exact) mass is 377 g/mol. The maximum atomic E-state index is 6.57. The summed E-state index contributed by atoms with van der Waals surface area (Å²) in [5.41, 5.74) is 12.5. The van der Waals surface area contributed by atoms with Crippen LogP contribution in [0.1, 0.15) is 17.5 Å². The van der Waals surface area contributed by atoms with Gasteiger partial charge in [0.15, 0.2) is 0 Å². The number of hydrogen-bond acceptors (Lipinski definition) is 2. The van der Waals surface area contributed by atoms with E-state index >= 15 is 0 Å². The average Bonchev–Trinajstić information content (AvgIpc) is 3.12. The fourth-order valence-corrected chi connectivity index (χ4v) is 5.80. The minimum absolute atomic E-state index is 0.856. The summed E-state index contributed by atoms with van der Waals surface area (Å²) in [6.07, 6.45) is 6.72. The van der Waals surface area contributed by atoms with Gasteiger partial charge in [-0.3, -0.25) is 0 Å². The second kappa shape index (κ2) is 5.95. The van der Waals surface area contributed by atoms with E-state index in [2.05, 4.69) is 78.9 Å². The first-order chi connectivity index (χ1) is 13.8. The first kappa shape index (κ1) is 15.9. The van der Waals surface area contributed by atoms with Gasteiger partial charge in [-0.05, 0) is 53.1 Å². The van der Waals surface area contributed by atoms with Crippen LogP contribution in [-0.4, -0.2) is 0 Å². The Kier molecular flexibility index (Phi) is 3.38. The van der Waals surface area contributed by atoms with Crippen molar-refractivity contribution in [2.24, 2.45) is 0 Å². The van der Waals surface area contributed by atoms with Crippen LogP contribution >= 0.6 is 11.3 Å². The summed E-state index contributed by atoms with van der Waals surface area (Å²) in [6, 6.07) is 24.1. The molecule has 2 heteroatoms. The van der Waals surface area contributed by atoms with E-state index in [1.165, 1.54) is 53.2 Å². The zero-order chi connectivity index (χ0) is 18.7. The molecule has 0 radical (unpaired) electrons. The Balaban J connectivity index is 1.82. The molecule has 0 atom stereocenters. The van der Waals surface area contributed by atoms with E-state index in [0.29, 0.717) is 0 Å². The Morgan fingerprint density at radius 1 is 0.786 bits per heavy atom. The van der Waals surface area contributed by atoms with Crippen LogP contribution in [0.3, 0.4) is 0 Å². The van der Waals surface area contributed by atoms with Gasteiger partial charge in [0.05, 0.1) is 0 Å². The molecule has 1 aromatic heterocycles. The van der Waals surface area contributed by atoms with Crippen LogP contribution in [0.5, 0.6) is 0 Å². The van der Waals surface area contributed by atoms with Gasteiger partial charge < -0.3 is 5.73 Å². The third-order valence-electron chi connectivity index (χ3n) is 5.89. The van der Waals surface area contributed by atoms with Crippen molar-refractivity contribution < 1.29 is 0 Å². The summed E-state index contributed by atoms with van der Waals surface area (Å²) in [7, 11) is 0. The van der Waals surface area contributed by atoms with Gasteiger partial charge in [0.2, 0.25) is 0 Å². The second-order valence-corrected chi connectivity index (χ2v) is 8.54. The summed E-state index contributed by atoms with van der Waals surface area (Å²) in [5.74, 6) is 0. The number of hydrogen-bond donors (Lipinski definition) is 1. The summed E-state index contributed by atoms with van der Waals surface area (Å²) < 4.78 is 2.70. The SMILES string of the molecule is Nc1ccc2c(c1-c1cc3c4ccccc4sc3c3ccccc13)C=CCC2. The van der Waals surface area contributed by atoms with Gasteiger partial charge in [0.25, 0.3) is 0 Å².